The Morgan fingerprint density at radius 3 is 2.00 bits per heavy atom. The molecule has 0 spiro atoms. The van der Waals surface area contributed by atoms with Crippen LogP contribution in [-0.2, 0) is 15.9 Å². The highest BCUT2D eigenvalue weighted by Crippen LogP contribution is 2.36. The number of ether oxygens (including phenoxy) is 2. The van der Waals surface area contributed by atoms with E-state index in [0.717, 1.165) is 28.1 Å². The minimum Gasteiger partial charge on any atom is -0.497 e. The summed E-state index contributed by atoms with van der Waals surface area (Å²) in [5, 5.41) is 0. The molecule has 4 nitrogen and oxygen atoms in total. The third-order valence-corrected chi connectivity index (χ3v) is 5.31. The fraction of sp³-hybridized carbons (Fsp3) is 0.429. The predicted molar refractivity (Wildman–Crippen MR) is 104 cm³/mol. The van der Waals surface area contributed by atoms with E-state index in [1.807, 2.05) is 42.5 Å². The third kappa shape index (κ3) is 3.74. The normalized spacial score (nSPS) is 18.0. The minimum atomic E-state index is -0.351. The summed E-state index contributed by atoms with van der Waals surface area (Å²) in [6.45, 7) is 10.8. The van der Waals surface area contributed by atoms with Crippen molar-refractivity contribution >= 4 is 12.6 Å². The van der Waals surface area contributed by atoms with Gasteiger partial charge in [-0.2, -0.15) is 0 Å². The molecule has 0 bridgehead atoms. The van der Waals surface area contributed by atoms with Crippen molar-refractivity contribution in [2.45, 2.75) is 52.4 Å². The first-order valence-corrected chi connectivity index (χ1v) is 8.94. The lowest BCUT2D eigenvalue weighted by Gasteiger charge is -2.32. The van der Waals surface area contributed by atoms with Crippen molar-refractivity contribution in [3.63, 3.8) is 0 Å². The van der Waals surface area contributed by atoms with Gasteiger partial charge < -0.3 is 18.8 Å². The van der Waals surface area contributed by atoms with Crippen LogP contribution in [-0.4, -0.2) is 25.4 Å². The second-order valence-electron chi connectivity index (χ2n) is 7.74. The molecular weight excluding hydrogens is 327 g/mol. The van der Waals surface area contributed by atoms with Crippen molar-refractivity contribution in [2.24, 2.45) is 0 Å². The van der Waals surface area contributed by atoms with Gasteiger partial charge >= 0.3 is 7.12 Å². The van der Waals surface area contributed by atoms with Gasteiger partial charge in [0.05, 0.1) is 18.3 Å². The molecule has 0 unspecified atom stereocenters. The maximum Gasteiger partial charge on any atom is 0.495 e. The molecule has 5 heteroatoms. The summed E-state index contributed by atoms with van der Waals surface area (Å²) in [7, 11) is 1.31. The first-order chi connectivity index (χ1) is 12.2. The van der Waals surface area contributed by atoms with E-state index in [4.69, 9.17) is 18.8 Å². The summed E-state index contributed by atoms with van der Waals surface area (Å²) in [6.07, 6.45) is 0. The van der Waals surface area contributed by atoms with Crippen LogP contribution in [0.1, 0.15) is 38.8 Å². The fourth-order valence-corrected chi connectivity index (χ4v) is 2.86. The van der Waals surface area contributed by atoms with Gasteiger partial charge in [-0.15, -0.1) is 0 Å². The second-order valence-corrected chi connectivity index (χ2v) is 7.74. The SMILES string of the molecule is COc1ccc(COc2ccc(B3OC(C)(C)C(C)(C)O3)c(C)c2)cc1. The number of benzene rings is 2. The molecule has 1 fully saturated rings. The van der Waals surface area contributed by atoms with Crippen molar-refractivity contribution in [1.82, 2.24) is 0 Å². The number of hydrogen-bond acceptors (Lipinski definition) is 4. The van der Waals surface area contributed by atoms with E-state index in [-0.39, 0.29) is 18.3 Å². The van der Waals surface area contributed by atoms with Crippen LogP contribution in [0.3, 0.4) is 0 Å². The smallest absolute Gasteiger partial charge is 0.495 e. The summed E-state index contributed by atoms with van der Waals surface area (Å²) in [4.78, 5) is 0. The lowest BCUT2D eigenvalue weighted by Crippen LogP contribution is -2.41. The highest BCUT2D eigenvalue weighted by atomic mass is 16.7. The molecule has 0 amide bonds. The molecule has 2 aromatic rings. The summed E-state index contributed by atoms with van der Waals surface area (Å²) >= 11 is 0. The van der Waals surface area contributed by atoms with Crippen LogP contribution < -0.4 is 14.9 Å². The lowest BCUT2D eigenvalue weighted by atomic mass is 9.76. The molecule has 2 aromatic carbocycles. The topological polar surface area (TPSA) is 36.9 Å². The van der Waals surface area contributed by atoms with Crippen molar-refractivity contribution in [3.05, 3.63) is 53.6 Å². The Morgan fingerprint density at radius 1 is 0.885 bits per heavy atom. The predicted octanol–water partition coefficient (Wildman–Crippen LogP) is 3.88. The van der Waals surface area contributed by atoms with E-state index >= 15 is 0 Å². The Labute approximate surface area is 156 Å². The molecule has 26 heavy (non-hydrogen) atoms. The fourth-order valence-electron chi connectivity index (χ4n) is 2.86. The van der Waals surface area contributed by atoms with Gasteiger partial charge in [-0.25, -0.2) is 0 Å². The number of aryl methyl sites for hydroxylation is 1. The van der Waals surface area contributed by atoms with E-state index < -0.39 is 0 Å². The average Bonchev–Trinajstić information content (AvgIpc) is 2.81. The monoisotopic (exact) mass is 354 g/mol. The first kappa shape index (κ1) is 18.8. The van der Waals surface area contributed by atoms with Gasteiger partial charge in [-0.05, 0) is 75.5 Å². The number of methoxy groups -OCH3 is 1. The Bertz CT molecular complexity index is 752. The molecule has 1 aliphatic heterocycles. The number of rotatable bonds is 5. The summed E-state index contributed by atoms with van der Waals surface area (Å²) in [5.74, 6) is 1.68. The molecule has 1 heterocycles. The molecule has 0 N–H and O–H groups in total. The maximum atomic E-state index is 6.15. The maximum absolute atomic E-state index is 6.15. The van der Waals surface area contributed by atoms with Crippen LogP contribution in [0.4, 0.5) is 0 Å². The van der Waals surface area contributed by atoms with Crippen LogP contribution in [0.5, 0.6) is 11.5 Å². The Morgan fingerprint density at radius 2 is 1.46 bits per heavy atom. The minimum absolute atomic E-state index is 0.340. The van der Waals surface area contributed by atoms with E-state index in [1.165, 1.54) is 0 Å². The lowest BCUT2D eigenvalue weighted by molar-refractivity contribution is 0.00578. The van der Waals surface area contributed by atoms with Gasteiger partial charge in [0.25, 0.3) is 0 Å². The van der Waals surface area contributed by atoms with Gasteiger partial charge in [0, 0.05) is 0 Å². The van der Waals surface area contributed by atoms with Crippen LogP contribution >= 0.6 is 0 Å². The van der Waals surface area contributed by atoms with Gasteiger partial charge in [0.1, 0.15) is 18.1 Å². The zero-order valence-corrected chi connectivity index (χ0v) is 16.5. The summed E-state index contributed by atoms with van der Waals surface area (Å²) in [5.41, 5.74) is 2.55. The van der Waals surface area contributed by atoms with Gasteiger partial charge in [0.15, 0.2) is 0 Å². The molecule has 1 aliphatic rings. The summed E-state index contributed by atoms with van der Waals surface area (Å²) < 4.78 is 23.4. The van der Waals surface area contributed by atoms with Crippen molar-refractivity contribution in [2.75, 3.05) is 7.11 Å². The molecule has 0 saturated carbocycles. The van der Waals surface area contributed by atoms with E-state index in [9.17, 15) is 0 Å². The Balaban J connectivity index is 1.68. The molecule has 0 aliphatic carbocycles. The highest BCUT2D eigenvalue weighted by Gasteiger charge is 2.52. The molecule has 1 saturated heterocycles. The van der Waals surface area contributed by atoms with Gasteiger partial charge in [0.2, 0.25) is 0 Å². The molecule has 138 valence electrons. The molecule has 0 atom stereocenters. The van der Waals surface area contributed by atoms with Gasteiger partial charge in [-0.3, -0.25) is 0 Å². The second kappa shape index (κ2) is 6.97. The molecule has 3 rings (SSSR count). The van der Waals surface area contributed by atoms with Crippen molar-refractivity contribution in [1.29, 1.82) is 0 Å². The van der Waals surface area contributed by atoms with Crippen LogP contribution in [0.15, 0.2) is 42.5 Å². The van der Waals surface area contributed by atoms with E-state index in [0.29, 0.717) is 6.61 Å². The number of hydrogen-bond donors (Lipinski definition) is 0. The van der Waals surface area contributed by atoms with E-state index in [1.54, 1.807) is 7.11 Å². The third-order valence-electron chi connectivity index (χ3n) is 5.31. The zero-order chi connectivity index (χ0) is 18.9. The average molecular weight is 354 g/mol. The zero-order valence-electron chi connectivity index (χ0n) is 16.5. The Kier molecular flexibility index (Phi) is 5.04. The standard InChI is InChI=1S/C21H27BO4/c1-15-13-18(24-14-16-7-9-17(23-6)10-8-16)11-12-19(15)22-25-20(2,3)21(4,5)26-22/h7-13H,14H2,1-6H3. The highest BCUT2D eigenvalue weighted by molar-refractivity contribution is 6.62. The first-order valence-electron chi connectivity index (χ1n) is 8.94. The van der Waals surface area contributed by atoms with Gasteiger partial charge in [-0.1, -0.05) is 18.2 Å². The Hall–Kier alpha value is -1.98. The van der Waals surface area contributed by atoms with Crippen LogP contribution in [0.2, 0.25) is 0 Å². The largest absolute Gasteiger partial charge is 0.497 e. The summed E-state index contributed by atoms with van der Waals surface area (Å²) in [6, 6.07) is 13.9. The molecule has 0 radical (unpaired) electrons. The van der Waals surface area contributed by atoms with Crippen molar-refractivity contribution in [3.8, 4) is 11.5 Å². The van der Waals surface area contributed by atoms with Crippen LogP contribution in [0, 0.1) is 6.92 Å². The quantitative estimate of drug-likeness (QED) is 0.764. The molecule has 0 aromatic heterocycles. The van der Waals surface area contributed by atoms with Crippen molar-refractivity contribution < 1.29 is 18.8 Å². The van der Waals surface area contributed by atoms with Crippen LogP contribution in [0.25, 0.3) is 0 Å². The van der Waals surface area contributed by atoms with E-state index in [2.05, 4.69) is 34.6 Å². The molecular formula is C21H27BO4.